The molecule has 0 aliphatic carbocycles. The van der Waals surface area contributed by atoms with Gasteiger partial charge in [0.25, 0.3) is 0 Å². The minimum absolute atomic E-state index is 0.348. The van der Waals surface area contributed by atoms with Gasteiger partial charge in [0, 0.05) is 6.54 Å². The largest absolute Gasteiger partial charge is 0.230 e. The van der Waals surface area contributed by atoms with Crippen molar-refractivity contribution in [2.45, 2.75) is 26.0 Å². The van der Waals surface area contributed by atoms with E-state index < -0.39 is 10.0 Å². The molecule has 9 heavy (non-hydrogen) atoms. The predicted octanol–water partition coefficient (Wildman–Crippen LogP) is 0.349. The Morgan fingerprint density at radius 3 is 2.00 bits per heavy atom. The van der Waals surface area contributed by atoms with Crippen LogP contribution in [0.3, 0.4) is 0 Å². The average Bonchev–Trinajstić information content (AvgIpc) is 1.65. The van der Waals surface area contributed by atoms with Gasteiger partial charge in [0.2, 0.25) is 10.0 Å². The summed E-state index contributed by atoms with van der Waals surface area (Å²) in [5.74, 6) is 0. The Balaban J connectivity index is 4.05. The normalized spacial score (nSPS) is 12.4. The smallest absolute Gasteiger partial charge is 0.211 e. The van der Waals surface area contributed by atoms with E-state index >= 15 is 0 Å². The Morgan fingerprint density at radius 2 is 1.89 bits per heavy atom. The SMILES string of the molecule is CC[N]S(=O)(=O)C(C)C. The summed E-state index contributed by atoms with van der Waals surface area (Å²) in [6.07, 6.45) is 0. The Labute approximate surface area is 56.5 Å². The first kappa shape index (κ1) is 8.91. The molecule has 0 amide bonds. The molecule has 0 aromatic rings. The van der Waals surface area contributed by atoms with Gasteiger partial charge in [-0.25, -0.2) is 8.42 Å². The van der Waals surface area contributed by atoms with Crippen LogP contribution in [0, 0.1) is 0 Å². The van der Waals surface area contributed by atoms with Gasteiger partial charge in [0.15, 0.2) is 0 Å². The van der Waals surface area contributed by atoms with Crippen LogP contribution in [0.4, 0.5) is 0 Å². The zero-order chi connectivity index (χ0) is 7.49. The van der Waals surface area contributed by atoms with Crippen molar-refractivity contribution in [1.29, 1.82) is 0 Å². The number of rotatable bonds is 3. The molecular weight excluding hydrogens is 138 g/mol. The van der Waals surface area contributed by atoms with Crippen LogP contribution in [0.15, 0.2) is 0 Å². The summed E-state index contributed by atoms with van der Waals surface area (Å²) >= 11 is 0. The Kier molecular flexibility index (Phi) is 3.14. The van der Waals surface area contributed by atoms with Gasteiger partial charge in [-0.2, -0.15) is 0 Å². The first-order valence-corrected chi connectivity index (χ1v) is 4.43. The first-order valence-electron chi connectivity index (χ1n) is 2.93. The fourth-order valence-corrected chi connectivity index (χ4v) is 0.987. The van der Waals surface area contributed by atoms with Crippen LogP contribution in [0.25, 0.3) is 0 Å². The lowest BCUT2D eigenvalue weighted by atomic mass is 10.6. The van der Waals surface area contributed by atoms with Gasteiger partial charge in [-0.1, -0.05) is 0 Å². The maximum atomic E-state index is 10.8. The third-order valence-electron chi connectivity index (χ3n) is 0.905. The van der Waals surface area contributed by atoms with Crippen molar-refractivity contribution in [3.05, 3.63) is 0 Å². The molecule has 0 aliphatic heterocycles. The molecule has 0 atom stereocenters. The van der Waals surface area contributed by atoms with E-state index in [9.17, 15) is 8.42 Å². The third kappa shape index (κ3) is 2.81. The molecule has 0 rings (SSSR count). The first-order chi connectivity index (χ1) is 4.00. The quantitative estimate of drug-likeness (QED) is 0.582. The maximum absolute atomic E-state index is 10.8. The van der Waals surface area contributed by atoms with Crippen molar-refractivity contribution in [2.24, 2.45) is 0 Å². The summed E-state index contributed by atoms with van der Waals surface area (Å²) in [4.78, 5) is 0. The summed E-state index contributed by atoms with van der Waals surface area (Å²) in [5, 5.41) is -0.377. The highest BCUT2D eigenvalue weighted by Gasteiger charge is 2.14. The van der Waals surface area contributed by atoms with Crippen LogP contribution in [0.2, 0.25) is 0 Å². The van der Waals surface area contributed by atoms with Crippen molar-refractivity contribution < 1.29 is 8.42 Å². The van der Waals surface area contributed by atoms with E-state index in [0.717, 1.165) is 0 Å². The zero-order valence-electron chi connectivity index (χ0n) is 5.96. The van der Waals surface area contributed by atoms with E-state index in [-0.39, 0.29) is 5.25 Å². The number of hydrogen-bond donors (Lipinski definition) is 0. The molecule has 0 N–H and O–H groups in total. The molecule has 0 saturated carbocycles. The van der Waals surface area contributed by atoms with Crippen molar-refractivity contribution in [2.75, 3.05) is 6.54 Å². The van der Waals surface area contributed by atoms with Gasteiger partial charge in [-0.3, -0.25) is 0 Å². The number of sulfonamides is 1. The predicted molar refractivity (Wildman–Crippen MR) is 36.7 cm³/mol. The van der Waals surface area contributed by atoms with E-state index in [0.29, 0.717) is 6.54 Å². The summed E-state index contributed by atoms with van der Waals surface area (Å²) in [6, 6.07) is 0. The second-order valence-electron chi connectivity index (χ2n) is 2.01. The van der Waals surface area contributed by atoms with E-state index in [1.807, 2.05) is 0 Å². The molecule has 55 valence electrons. The van der Waals surface area contributed by atoms with Gasteiger partial charge in [0.05, 0.1) is 5.25 Å². The minimum Gasteiger partial charge on any atom is -0.211 e. The highest BCUT2D eigenvalue weighted by Crippen LogP contribution is 1.95. The van der Waals surface area contributed by atoms with Crippen molar-refractivity contribution in [3.8, 4) is 0 Å². The van der Waals surface area contributed by atoms with E-state index in [1.165, 1.54) is 0 Å². The Bertz CT molecular complexity index is 160. The Morgan fingerprint density at radius 1 is 1.44 bits per heavy atom. The second kappa shape index (κ2) is 3.17. The average molecular weight is 150 g/mol. The molecule has 0 aromatic heterocycles. The highest BCUT2D eigenvalue weighted by molar-refractivity contribution is 7.89. The fourth-order valence-electron chi connectivity index (χ4n) is 0.329. The second-order valence-corrected chi connectivity index (χ2v) is 4.24. The summed E-state index contributed by atoms with van der Waals surface area (Å²) in [7, 11) is -3.12. The Hall–Kier alpha value is -0.0900. The van der Waals surface area contributed by atoms with Crippen LogP contribution in [-0.4, -0.2) is 20.2 Å². The number of nitrogens with zero attached hydrogens (tertiary/aromatic N) is 1. The highest BCUT2D eigenvalue weighted by atomic mass is 32.2. The summed E-state index contributed by atoms with van der Waals surface area (Å²) in [5.41, 5.74) is 0. The fraction of sp³-hybridized carbons (Fsp3) is 1.00. The van der Waals surface area contributed by atoms with Crippen LogP contribution < -0.4 is 4.72 Å². The van der Waals surface area contributed by atoms with Crippen LogP contribution >= 0.6 is 0 Å². The molecule has 0 bridgehead atoms. The van der Waals surface area contributed by atoms with E-state index in [4.69, 9.17) is 0 Å². The molecule has 0 heterocycles. The topological polar surface area (TPSA) is 48.2 Å². The molecule has 0 aliphatic rings. The third-order valence-corrected chi connectivity index (χ3v) is 2.71. The molecule has 1 radical (unpaired) electrons. The van der Waals surface area contributed by atoms with Crippen molar-refractivity contribution in [1.82, 2.24) is 4.72 Å². The van der Waals surface area contributed by atoms with Crippen molar-refractivity contribution in [3.63, 3.8) is 0 Å². The van der Waals surface area contributed by atoms with Crippen LogP contribution in [0.5, 0.6) is 0 Å². The lowest BCUT2D eigenvalue weighted by molar-refractivity contribution is 0.573. The summed E-state index contributed by atoms with van der Waals surface area (Å²) in [6.45, 7) is 5.30. The van der Waals surface area contributed by atoms with Gasteiger partial charge in [-0.15, -0.1) is 4.72 Å². The van der Waals surface area contributed by atoms with E-state index in [1.54, 1.807) is 20.8 Å². The van der Waals surface area contributed by atoms with E-state index in [2.05, 4.69) is 4.72 Å². The van der Waals surface area contributed by atoms with Crippen LogP contribution in [-0.2, 0) is 10.0 Å². The molecule has 0 unspecified atom stereocenters. The molecule has 3 nitrogen and oxygen atoms in total. The minimum atomic E-state index is -3.12. The molecular formula is C5H12NO2S. The lowest BCUT2D eigenvalue weighted by Gasteiger charge is -2.03. The van der Waals surface area contributed by atoms with Gasteiger partial charge >= 0.3 is 0 Å². The standard InChI is InChI=1S/C5H12NO2S/c1-4-6-9(7,8)5(2)3/h5H,4H2,1-3H3. The molecule has 0 fully saturated rings. The monoisotopic (exact) mass is 150 g/mol. The van der Waals surface area contributed by atoms with Crippen molar-refractivity contribution >= 4 is 10.0 Å². The molecule has 0 spiro atoms. The van der Waals surface area contributed by atoms with Gasteiger partial charge in [-0.05, 0) is 20.8 Å². The lowest BCUT2D eigenvalue weighted by Crippen LogP contribution is -2.24. The summed E-state index contributed by atoms with van der Waals surface area (Å²) < 4.78 is 25.0. The van der Waals surface area contributed by atoms with Crippen LogP contribution in [0.1, 0.15) is 20.8 Å². The number of hydrogen-bond acceptors (Lipinski definition) is 2. The molecule has 4 heteroatoms. The molecule has 0 aromatic carbocycles. The zero-order valence-corrected chi connectivity index (χ0v) is 6.77. The van der Waals surface area contributed by atoms with Gasteiger partial charge in [0.1, 0.15) is 0 Å². The molecule has 0 saturated heterocycles. The van der Waals surface area contributed by atoms with Gasteiger partial charge < -0.3 is 0 Å². The maximum Gasteiger partial charge on any atom is 0.230 e.